The summed E-state index contributed by atoms with van der Waals surface area (Å²) in [6.07, 6.45) is 1.33. The number of pyridine rings is 2. The van der Waals surface area contributed by atoms with Crippen LogP contribution in [0.5, 0.6) is 0 Å². The van der Waals surface area contributed by atoms with Gasteiger partial charge in [0.25, 0.3) is 5.56 Å². The molecular formula is C27H40N4O3. The molecule has 0 aliphatic heterocycles. The minimum Gasteiger partial charge on any atom is -0.315 e. The van der Waals surface area contributed by atoms with Gasteiger partial charge in [0.1, 0.15) is 0 Å². The summed E-state index contributed by atoms with van der Waals surface area (Å²) in [7, 11) is 3.65. The fourth-order valence-electron chi connectivity index (χ4n) is 3.57. The molecule has 3 aromatic heterocycles. The molecule has 34 heavy (non-hydrogen) atoms. The Labute approximate surface area is 202 Å². The summed E-state index contributed by atoms with van der Waals surface area (Å²) in [4.78, 5) is 33.3. The second kappa shape index (κ2) is 13.5. The fourth-order valence-corrected chi connectivity index (χ4v) is 3.57. The van der Waals surface area contributed by atoms with E-state index in [-0.39, 0.29) is 16.5 Å². The lowest BCUT2D eigenvalue weighted by molar-refractivity contribution is 0.637. The molecule has 3 rings (SSSR count). The summed E-state index contributed by atoms with van der Waals surface area (Å²) in [6.45, 7) is 15.2. The molecule has 0 N–H and O–H groups in total. The molecule has 0 saturated heterocycles. The standard InChI is InChI=1S/C10H15NO.C9H13NO.C8H12N2O/c1-4-11-9(8(2)3)6-5-7-10(11)12;1-7(2)8-5-4-6-9(11)10(8)3;1-6(2)8-4-7(11)5-9-10(8)3/h5-8H,4H2,1-3H3;4-7H,1-3H3;4-6H,1-3H3. The SMILES string of the molecule is CC(C)c1cc(=O)cnn1C.CC(C)c1cccc(=O)n1C.CCn1c(C(C)C)cccc1=O. The highest BCUT2D eigenvalue weighted by Crippen LogP contribution is 2.11. The first-order valence-corrected chi connectivity index (χ1v) is 11.8. The molecule has 0 aliphatic rings. The normalized spacial score (nSPS) is 10.6. The van der Waals surface area contributed by atoms with Crippen LogP contribution in [0.3, 0.4) is 0 Å². The molecule has 0 bridgehead atoms. The zero-order valence-corrected chi connectivity index (χ0v) is 22.1. The van der Waals surface area contributed by atoms with Gasteiger partial charge < -0.3 is 9.13 Å². The average Bonchev–Trinajstić information content (AvgIpc) is 2.77. The van der Waals surface area contributed by atoms with E-state index < -0.39 is 0 Å². The summed E-state index contributed by atoms with van der Waals surface area (Å²) in [6, 6.07) is 12.4. The Morgan fingerprint density at radius 2 is 1.24 bits per heavy atom. The van der Waals surface area contributed by atoms with Crippen molar-refractivity contribution in [2.75, 3.05) is 0 Å². The molecule has 0 unspecified atom stereocenters. The van der Waals surface area contributed by atoms with Crippen molar-refractivity contribution < 1.29 is 0 Å². The topological polar surface area (TPSA) is 78.9 Å². The lowest BCUT2D eigenvalue weighted by atomic mass is 10.1. The van der Waals surface area contributed by atoms with Crippen LogP contribution < -0.4 is 16.5 Å². The molecule has 0 spiro atoms. The number of nitrogens with zero attached hydrogens (tertiary/aromatic N) is 4. The molecule has 0 aromatic carbocycles. The van der Waals surface area contributed by atoms with Gasteiger partial charge in [-0.25, -0.2) is 0 Å². The predicted molar refractivity (Wildman–Crippen MR) is 140 cm³/mol. The smallest absolute Gasteiger partial charge is 0.250 e. The lowest BCUT2D eigenvalue weighted by Crippen LogP contribution is -2.21. The maximum Gasteiger partial charge on any atom is 0.250 e. The average molecular weight is 469 g/mol. The van der Waals surface area contributed by atoms with Crippen molar-refractivity contribution in [3.8, 4) is 0 Å². The molecule has 0 atom stereocenters. The van der Waals surface area contributed by atoms with Gasteiger partial charge in [-0.15, -0.1) is 0 Å². The Bertz CT molecular complexity index is 1210. The van der Waals surface area contributed by atoms with Crippen LogP contribution in [-0.4, -0.2) is 18.9 Å². The van der Waals surface area contributed by atoms with E-state index in [0.717, 1.165) is 23.6 Å². The van der Waals surface area contributed by atoms with Gasteiger partial charge in [-0.05, 0) is 36.8 Å². The molecule has 0 aliphatic carbocycles. The number of rotatable bonds is 4. The van der Waals surface area contributed by atoms with Crippen molar-refractivity contribution in [3.63, 3.8) is 0 Å². The molecule has 3 heterocycles. The largest absolute Gasteiger partial charge is 0.315 e. The van der Waals surface area contributed by atoms with Crippen LogP contribution >= 0.6 is 0 Å². The Kier molecular flexibility index (Phi) is 11.4. The van der Waals surface area contributed by atoms with Crippen LogP contribution in [0.1, 0.15) is 83.3 Å². The Balaban J connectivity index is 0.000000255. The summed E-state index contributed by atoms with van der Waals surface area (Å²) in [5.41, 5.74) is 3.31. The maximum absolute atomic E-state index is 11.3. The molecule has 0 amide bonds. The molecule has 7 nitrogen and oxygen atoms in total. The minimum atomic E-state index is -0.0215. The highest BCUT2D eigenvalue weighted by Gasteiger charge is 2.05. The lowest BCUT2D eigenvalue weighted by Gasteiger charge is -2.12. The van der Waals surface area contributed by atoms with E-state index in [1.807, 2.05) is 50.6 Å². The van der Waals surface area contributed by atoms with Crippen LogP contribution in [0.4, 0.5) is 0 Å². The van der Waals surface area contributed by atoms with Gasteiger partial charge >= 0.3 is 0 Å². The van der Waals surface area contributed by atoms with Crippen molar-refractivity contribution in [2.45, 2.75) is 72.8 Å². The Hall–Kier alpha value is -3.22. The van der Waals surface area contributed by atoms with E-state index in [9.17, 15) is 14.4 Å². The van der Waals surface area contributed by atoms with Gasteiger partial charge in [-0.1, -0.05) is 53.7 Å². The van der Waals surface area contributed by atoms with Crippen LogP contribution in [-0.2, 0) is 20.6 Å². The molecule has 186 valence electrons. The van der Waals surface area contributed by atoms with Crippen molar-refractivity contribution >= 4 is 0 Å². The predicted octanol–water partition coefficient (Wildman–Crippen LogP) is 4.40. The summed E-state index contributed by atoms with van der Waals surface area (Å²) >= 11 is 0. The van der Waals surface area contributed by atoms with Crippen molar-refractivity contribution in [3.05, 3.63) is 96.7 Å². The maximum atomic E-state index is 11.3. The van der Waals surface area contributed by atoms with Gasteiger partial charge in [-0.3, -0.25) is 19.1 Å². The van der Waals surface area contributed by atoms with Crippen molar-refractivity contribution in [2.24, 2.45) is 14.1 Å². The van der Waals surface area contributed by atoms with E-state index >= 15 is 0 Å². The fraction of sp³-hybridized carbons (Fsp3) is 0.481. The van der Waals surface area contributed by atoms with E-state index in [0.29, 0.717) is 17.8 Å². The van der Waals surface area contributed by atoms with Gasteiger partial charge in [0.15, 0.2) is 5.43 Å². The van der Waals surface area contributed by atoms with Crippen molar-refractivity contribution in [1.29, 1.82) is 0 Å². The summed E-state index contributed by atoms with van der Waals surface area (Å²) in [5, 5.41) is 3.90. The first-order chi connectivity index (χ1) is 15.9. The van der Waals surface area contributed by atoms with Crippen LogP contribution in [0.25, 0.3) is 0 Å². The van der Waals surface area contributed by atoms with Crippen LogP contribution in [0.2, 0.25) is 0 Å². The van der Waals surface area contributed by atoms with Crippen molar-refractivity contribution in [1.82, 2.24) is 18.9 Å². The van der Waals surface area contributed by atoms with Gasteiger partial charge in [-0.2, -0.15) is 5.10 Å². The number of hydrogen-bond acceptors (Lipinski definition) is 4. The second-order valence-electron chi connectivity index (χ2n) is 9.08. The van der Waals surface area contributed by atoms with E-state index in [1.54, 1.807) is 40.6 Å². The first kappa shape index (κ1) is 28.8. The zero-order chi connectivity index (χ0) is 26.0. The number of aromatic nitrogens is 4. The van der Waals surface area contributed by atoms with E-state index in [4.69, 9.17) is 0 Å². The third-order valence-corrected chi connectivity index (χ3v) is 5.42. The second-order valence-corrected chi connectivity index (χ2v) is 9.08. The first-order valence-electron chi connectivity index (χ1n) is 11.8. The third kappa shape index (κ3) is 8.28. The highest BCUT2D eigenvalue weighted by molar-refractivity contribution is 5.11. The summed E-state index contributed by atoms with van der Waals surface area (Å²) in [5.74, 6) is 1.18. The quantitative estimate of drug-likeness (QED) is 0.568. The molecule has 0 saturated carbocycles. The van der Waals surface area contributed by atoms with Crippen LogP contribution in [0.15, 0.2) is 63.0 Å². The highest BCUT2D eigenvalue weighted by atomic mass is 16.1. The van der Waals surface area contributed by atoms with Gasteiger partial charge in [0, 0.05) is 55.9 Å². The molecular weight excluding hydrogens is 428 g/mol. The van der Waals surface area contributed by atoms with Gasteiger partial charge in [0.05, 0.1) is 6.20 Å². The molecule has 0 radical (unpaired) electrons. The number of aryl methyl sites for hydroxylation is 1. The molecule has 0 fully saturated rings. The zero-order valence-electron chi connectivity index (χ0n) is 22.1. The molecule has 3 aromatic rings. The monoisotopic (exact) mass is 468 g/mol. The van der Waals surface area contributed by atoms with E-state index in [2.05, 4.69) is 32.8 Å². The Morgan fingerprint density at radius 1 is 0.735 bits per heavy atom. The summed E-state index contributed by atoms with van der Waals surface area (Å²) < 4.78 is 5.22. The van der Waals surface area contributed by atoms with Crippen LogP contribution in [0, 0.1) is 0 Å². The minimum absolute atomic E-state index is 0.0215. The number of hydrogen-bond donors (Lipinski definition) is 0. The van der Waals surface area contributed by atoms with Gasteiger partial charge in [0.2, 0.25) is 5.56 Å². The molecule has 7 heteroatoms. The Morgan fingerprint density at radius 3 is 1.65 bits per heavy atom. The van der Waals surface area contributed by atoms with E-state index in [1.165, 1.54) is 6.20 Å². The third-order valence-electron chi connectivity index (χ3n) is 5.42.